The first-order valence-corrected chi connectivity index (χ1v) is 12.1. The van der Waals surface area contributed by atoms with E-state index in [0.717, 1.165) is 74.2 Å². The van der Waals surface area contributed by atoms with Gasteiger partial charge in [0.1, 0.15) is 11.6 Å². The smallest absolute Gasteiger partial charge is 0.168 e. The highest BCUT2D eigenvalue weighted by atomic mass is 35.5. The molecule has 3 aromatic rings. The molecule has 0 aliphatic carbocycles. The Morgan fingerprint density at radius 3 is 2.65 bits per heavy atom. The molecule has 3 aliphatic rings. The average Bonchev–Trinajstić information content (AvgIpc) is 3.47. The lowest BCUT2D eigenvalue weighted by Gasteiger charge is -2.32. The second-order valence-electron chi connectivity index (χ2n) is 9.23. The predicted molar refractivity (Wildman–Crippen MR) is 123 cm³/mol. The molecule has 2 aromatic heterocycles. The van der Waals surface area contributed by atoms with Gasteiger partial charge in [-0.3, -0.25) is 9.47 Å². The summed E-state index contributed by atoms with van der Waals surface area (Å²) < 4.78 is 35.4. The van der Waals surface area contributed by atoms with Gasteiger partial charge in [-0.15, -0.1) is 10.2 Å². The molecule has 2 saturated heterocycles. The molecule has 0 bridgehead atoms. The average molecular weight is 487 g/mol. The van der Waals surface area contributed by atoms with E-state index < -0.39 is 11.6 Å². The first-order valence-electron chi connectivity index (χ1n) is 11.7. The van der Waals surface area contributed by atoms with Gasteiger partial charge >= 0.3 is 0 Å². The van der Waals surface area contributed by atoms with Crippen molar-refractivity contribution in [1.29, 1.82) is 0 Å². The van der Waals surface area contributed by atoms with Gasteiger partial charge < -0.3 is 9.64 Å². The maximum absolute atomic E-state index is 14.2. The van der Waals surface area contributed by atoms with Crippen LogP contribution in [0.15, 0.2) is 30.5 Å². The fraction of sp³-hybridized carbons (Fsp3) is 0.458. The molecule has 0 unspecified atom stereocenters. The summed E-state index contributed by atoms with van der Waals surface area (Å²) in [7, 11) is 0. The zero-order valence-corrected chi connectivity index (χ0v) is 19.4. The molecule has 6 rings (SSSR count). The monoisotopic (exact) mass is 486 g/mol. The third kappa shape index (κ3) is 3.95. The van der Waals surface area contributed by atoms with Gasteiger partial charge in [-0.2, -0.15) is 0 Å². The Morgan fingerprint density at radius 1 is 1.03 bits per heavy atom. The van der Waals surface area contributed by atoms with Crippen LogP contribution < -0.4 is 4.90 Å². The molecule has 1 atom stereocenters. The minimum Gasteiger partial charge on any atom is -0.380 e. The van der Waals surface area contributed by atoms with E-state index in [1.807, 2.05) is 17.0 Å². The van der Waals surface area contributed by atoms with E-state index >= 15 is 0 Å². The number of aromatic nitrogens is 4. The zero-order chi connectivity index (χ0) is 23.2. The number of hydrogen-bond acceptors (Lipinski definition) is 6. The van der Waals surface area contributed by atoms with Gasteiger partial charge in [-0.25, -0.2) is 13.8 Å². The van der Waals surface area contributed by atoms with E-state index in [4.69, 9.17) is 16.3 Å². The molecule has 10 heteroatoms. The molecule has 34 heavy (non-hydrogen) atoms. The summed E-state index contributed by atoms with van der Waals surface area (Å²) in [4.78, 5) is 8.25. The molecule has 0 spiro atoms. The molecule has 0 amide bonds. The number of ether oxygens (including phenoxy) is 1. The molecule has 0 radical (unpaired) electrons. The predicted octanol–water partition coefficient (Wildman–Crippen LogP) is 4.08. The highest BCUT2D eigenvalue weighted by molar-refractivity contribution is 6.30. The van der Waals surface area contributed by atoms with E-state index in [0.29, 0.717) is 30.7 Å². The van der Waals surface area contributed by atoms with E-state index in [1.54, 1.807) is 0 Å². The Morgan fingerprint density at radius 2 is 1.88 bits per heavy atom. The quantitative estimate of drug-likeness (QED) is 0.556. The van der Waals surface area contributed by atoms with Crippen molar-refractivity contribution in [3.63, 3.8) is 0 Å². The summed E-state index contributed by atoms with van der Waals surface area (Å²) in [6.45, 7) is 4.20. The van der Waals surface area contributed by atoms with Crippen LogP contribution in [-0.2, 0) is 17.8 Å². The standard InChI is InChI=1S/C24H25ClF2N6O/c25-17-1-2-21-16(9-17)12-32(19-5-8-34-14-19)13-22-29-30-23(33(21)22)15-3-6-31(7-4-15)24-20(27)10-18(26)11-28-24/h1-2,9-11,15,19H,3-8,12-14H2/t19-/m1/s1. The summed E-state index contributed by atoms with van der Waals surface area (Å²) >= 11 is 6.37. The maximum atomic E-state index is 14.2. The van der Waals surface area contributed by atoms with Crippen LogP contribution in [0.2, 0.25) is 5.02 Å². The van der Waals surface area contributed by atoms with Crippen molar-refractivity contribution in [3.05, 3.63) is 64.3 Å². The summed E-state index contributed by atoms with van der Waals surface area (Å²) in [5, 5.41) is 9.95. The maximum Gasteiger partial charge on any atom is 0.168 e. The fourth-order valence-corrected chi connectivity index (χ4v) is 5.57. The number of piperidine rings is 1. The number of fused-ring (bicyclic) bond motifs is 3. The summed E-state index contributed by atoms with van der Waals surface area (Å²) in [5.74, 6) is 0.919. The highest BCUT2D eigenvalue weighted by Gasteiger charge is 2.33. The number of hydrogen-bond donors (Lipinski definition) is 0. The van der Waals surface area contributed by atoms with Crippen molar-refractivity contribution < 1.29 is 13.5 Å². The van der Waals surface area contributed by atoms with Crippen LogP contribution in [0.3, 0.4) is 0 Å². The number of halogens is 3. The Labute approximate surface area is 201 Å². The summed E-state index contributed by atoms with van der Waals surface area (Å²) in [6, 6.07) is 7.23. The Kier molecular flexibility index (Phi) is 5.71. The van der Waals surface area contributed by atoms with Crippen LogP contribution in [-0.4, -0.2) is 57.0 Å². The lowest BCUT2D eigenvalue weighted by Crippen LogP contribution is -2.35. The normalized spacial score (nSPS) is 21.4. The molecular formula is C24H25ClF2N6O. The molecule has 7 nitrogen and oxygen atoms in total. The minimum absolute atomic E-state index is 0.172. The summed E-state index contributed by atoms with van der Waals surface area (Å²) in [6.07, 6.45) is 3.62. The zero-order valence-electron chi connectivity index (χ0n) is 18.6. The Bertz CT molecular complexity index is 1210. The second kappa shape index (κ2) is 8.87. The Balaban J connectivity index is 1.29. The lowest BCUT2D eigenvalue weighted by atomic mass is 9.95. The van der Waals surface area contributed by atoms with Gasteiger partial charge in [0.15, 0.2) is 17.5 Å². The third-order valence-corrected chi connectivity index (χ3v) is 7.36. The first kappa shape index (κ1) is 21.9. The molecule has 2 fully saturated rings. The third-order valence-electron chi connectivity index (χ3n) is 7.13. The lowest BCUT2D eigenvalue weighted by molar-refractivity contribution is 0.133. The molecule has 1 aromatic carbocycles. The summed E-state index contributed by atoms with van der Waals surface area (Å²) in [5.41, 5.74) is 2.21. The van der Waals surface area contributed by atoms with Gasteiger partial charge in [0.2, 0.25) is 0 Å². The number of pyridine rings is 1. The van der Waals surface area contributed by atoms with E-state index in [2.05, 4.69) is 30.7 Å². The van der Waals surface area contributed by atoms with Gasteiger partial charge in [0.25, 0.3) is 0 Å². The van der Waals surface area contributed by atoms with E-state index in [9.17, 15) is 8.78 Å². The molecule has 0 saturated carbocycles. The largest absolute Gasteiger partial charge is 0.380 e. The molecule has 5 heterocycles. The van der Waals surface area contributed by atoms with Gasteiger partial charge in [-0.05, 0) is 43.0 Å². The minimum atomic E-state index is -0.667. The van der Waals surface area contributed by atoms with Crippen molar-refractivity contribution in [2.24, 2.45) is 0 Å². The van der Waals surface area contributed by atoms with Crippen molar-refractivity contribution in [3.8, 4) is 5.69 Å². The molecule has 0 N–H and O–H groups in total. The number of nitrogens with zero attached hydrogens (tertiary/aromatic N) is 6. The van der Waals surface area contributed by atoms with Crippen LogP contribution in [0.4, 0.5) is 14.6 Å². The van der Waals surface area contributed by atoms with Gasteiger partial charge in [0, 0.05) is 49.3 Å². The number of benzene rings is 1. The van der Waals surface area contributed by atoms with E-state index in [-0.39, 0.29) is 11.7 Å². The fourth-order valence-electron chi connectivity index (χ4n) is 5.37. The van der Waals surface area contributed by atoms with Crippen molar-refractivity contribution in [2.45, 2.75) is 44.3 Å². The van der Waals surface area contributed by atoms with E-state index in [1.165, 1.54) is 0 Å². The number of rotatable bonds is 3. The van der Waals surface area contributed by atoms with Crippen LogP contribution in [0.1, 0.15) is 42.4 Å². The van der Waals surface area contributed by atoms with Gasteiger partial charge in [-0.1, -0.05) is 11.6 Å². The van der Waals surface area contributed by atoms with Crippen molar-refractivity contribution in [2.75, 3.05) is 31.2 Å². The number of anilines is 1. The van der Waals surface area contributed by atoms with Crippen molar-refractivity contribution >= 4 is 17.4 Å². The van der Waals surface area contributed by atoms with Crippen LogP contribution in [0.5, 0.6) is 0 Å². The SMILES string of the molecule is Fc1cnc(N2CCC(c3nnc4n3-c3ccc(Cl)cc3CN([C@@H]3CCOC3)C4)CC2)c(F)c1. The van der Waals surface area contributed by atoms with Crippen molar-refractivity contribution in [1.82, 2.24) is 24.6 Å². The van der Waals surface area contributed by atoms with Gasteiger partial charge in [0.05, 0.1) is 25.0 Å². The Hall–Kier alpha value is -2.62. The second-order valence-corrected chi connectivity index (χ2v) is 9.66. The van der Waals surface area contributed by atoms with Crippen LogP contribution in [0, 0.1) is 11.6 Å². The van der Waals surface area contributed by atoms with Crippen LogP contribution in [0.25, 0.3) is 5.69 Å². The molecule has 3 aliphatic heterocycles. The topological polar surface area (TPSA) is 59.3 Å². The molecule has 178 valence electrons. The van der Waals surface area contributed by atoms with Crippen LogP contribution >= 0.6 is 11.6 Å². The molecular weight excluding hydrogens is 462 g/mol. The first-order chi connectivity index (χ1) is 16.6. The highest BCUT2D eigenvalue weighted by Crippen LogP contribution is 2.35.